The quantitative estimate of drug-likeness (QED) is 0.310. The first kappa shape index (κ1) is 17.2. The van der Waals surface area contributed by atoms with Gasteiger partial charge in [0.05, 0.1) is 0 Å². The molecule has 0 radical (unpaired) electrons. The van der Waals surface area contributed by atoms with Crippen LogP contribution in [0.1, 0.15) is 12.8 Å². The minimum atomic E-state index is 0. The van der Waals surface area contributed by atoms with Crippen molar-refractivity contribution in [2.45, 2.75) is 18.9 Å². The zero-order valence-electron chi connectivity index (χ0n) is 6.91. The molecule has 1 nitrogen and oxygen atoms in total. The number of nitrogens with one attached hydrogen (secondary N) is 1. The van der Waals surface area contributed by atoms with E-state index in [1.807, 2.05) is 7.05 Å². The van der Waals surface area contributed by atoms with Gasteiger partial charge < -0.3 is 19.2 Å². The molecule has 0 aromatic carbocycles. The van der Waals surface area contributed by atoms with Crippen LogP contribution in [0.15, 0.2) is 0 Å². The SMILES string of the molecule is [CH2-]CC(C[CH2-])NC.[Na+].[Na+]. The van der Waals surface area contributed by atoms with E-state index in [1.54, 1.807) is 0 Å². The van der Waals surface area contributed by atoms with Gasteiger partial charge in [-0.25, -0.2) is 0 Å². The number of rotatable bonds is 3. The first-order valence-electron chi connectivity index (χ1n) is 2.61. The second-order valence-electron chi connectivity index (χ2n) is 1.56. The molecule has 0 saturated carbocycles. The summed E-state index contributed by atoms with van der Waals surface area (Å²) in [6, 6.07) is 0.514. The molecule has 3 heteroatoms. The second kappa shape index (κ2) is 12.6. The van der Waals surface area contributed by atoms with Crippen molar-refractivity contribution in [3.63, 3.8) is 0 Å². The molecule has 0 spiro atoms. The molecule has 0 rings (SSSR count). The predicted molar refractivity (Wildman–Crippen MR) is 32.8 cm³/mol. The van der Waals surface area contributed by atoms with Gasteiger partial charge in [0.15, 0.2) is 0 Å². The minimum absolute atomic E-state index is 0. The molecular weight excluding hydrogens is 132 g/mol. The van der Waals surface area contributed by atoms with Crippen molar-refractivity contribution in [3.8, 4) is 0 Å². The van der Waals surface area contributed by atoms with Gasteiger partial charge in [-0.2, -0.15) is 12.8 Å². The first-order valence-corrected chi connectivity index (χ1v) is 2.61. The fraction of sp³-hybridized carbons (Fsp3) is 0.667. The van der Waals surface area contributed by atoms with Gasteiger partial charge in [-0.3, -0.25) is 0 Å². The van der Waals surface area contributed by atoms with Gasteiger partial charge in [-0.1, -0.05) is 0 Å². The van der Waals surface area contributed by atoms with Crippen molar-refractivity contribution in [3.05, 3.63) is 13.8 Å². The third-order valence-corrected chi connectivity index (χ3v) is 1.11. The van der Waals surface area contributed by atoms with Gasteiger partial charge >= 0.3 is 59.1 Å². The summed E-state index contributed by atoms with van der Waals surface area (Å²) in [5, 5.41) is 3.08. The Bertz CT molecular complexity index is 32.5. The molecule has 0 aromatic heterocycles. The average molecular weight is 145 g/mol. The van der Waals surface area contributed by atoms with Crippen molar-refractivity contribution in [2.24, 2.45) is 0 Å². The number of hydrogen-bond acceptors (Lipinski definition) is 1. The Labute approximate surface area is 103 Å². The Kier molecular flexibility index (Phi) is 24.1. The summed E-state index contributed by atoms with van der Waals surface area (Å²) in [4.78, 5) is 0. The summed E-state index contributed by atoms with van der Waals surface area (Å²) >= 11 is 0. The largest absolute Gasteiger partial charge is 1.00 e. The summed E-state index contributed by atoms with van der Waals surface area (Å²) in [5.74, 6) is 0. The fourth-order valence-corrected chi connectivity index (χ4v) is 0.433. The molecule has 0 bridgehead atoms. The van der Waals surface area contributed by atoms with Crippen molar-refractivity contribution < 1.29 is 59.1 Å². The van der Waals surface area contributed by atoms with E-state index < -0.39 is 0 Å². The van der Waals surface area contributed by atoms with Crippen LogP contribution in [0.25, 0.3) is 0 Å². The van der Waals surface area contributed by atoms with Crippen LogP contribution in [-0.2, 0) is 0 Å². The summed E-state index contributed by atoms with van der Waals surface area (Å²) in [6.07, 6.45) is 1.86. The third-order valence-electron chi connectivity index (χ3n) is 1.11. The number of hydrogen-bond donors (Lipinski definition) is 1. The van der Waals surface area contributed by atoms with E-state index in [0.29, 0.717) is 6.04 Å². The topological polar surface area (TPSA) is 12.0 Å². The van der Waals surface area contributed by atoms with Crippen LogP contribution >= 0.6 is 0 Å². The molecule has 1 N–H and O–H groups in total. The van der Waals surface area contributed by atoms with Crippen LogP contribution in [0.5, 0.6) is 0 Å². The van der Waals surface area contributed by atoms with Gasteiger partial charge in [0.2, 0.25) is 0 Å². The average Bonchev–Trinajstić information content (AvgIpc) is 1.72. The summed E-state index contributed by atoms with van der Waals surface area (Å²) in [7, 11) is 1.93. The van der Waals surface area contributed by atoms with Crippen LogP contribution in [-0.4, -0.2) is 13.1 Å². The predicted octanol–water partition coefficient (Wildman–Crippen LogP) is -4.97. The maximum absolute atomic E-state index is 3.73. The van der Waals surface area contributed by atoms with Crippen LogP contribution < -0.4 is 64.4 Å². The van der Waals surface area contributed by atoms with E-state index in [1.165, 1.54) is 0 Å². The molecule has 0 aliphatic carbocycles. The molecule has 0 fully saturated rings. The molecule has 44 valence electrons. The molecule has 0 aromatic rings. The van der Waals surface area contributed by atoms with E-state index >= 15 is 0 Å². The molecule has 0 aliphatic heterocycles. The van der Waals surface area contributed by atoms with Crippen LogP contribution in [0.2, 0.25) is 0 Å². The Balaban J connectivity index is -0.000000180. The van der Waals surface area contributed by atoms with E-state index in [-0.39, 0.29) is 59.1 Å². The maximum atomic E-state index is 3.73. The maximum Gasteiger partial charge on any atom is 1.00 e. The second-order valence-corrected chi connectivity index (χ2v) is 1.56. The van der Waals surface area contributed by atoms with E-state index in [2.05, 4.69) is 19.2 Å². The Hall–Kier alpha value is 1.96. The van der Waals surface area contributed by atoms with Crippen LogP contribution in [0.3, 0.4) is 0 Å². The molecule has 0 atom stereocenters. The molecule has 0 unspecified atom stereocenters. The first-order chi connectivity index (χ1) is 3.35. The molecule has 0 heterocycles. The third kappa shape index (κ3) is 9.96. The Morgan fingerprint density at radius 1 is 1.22 bits per heavy atom. The fourth-order valence-electron chi connectivity index (χ4n) is 0.433. The summed E-state index contributed by atoms with van der Waals surface area (Å²) in [5.41, 5.74) is 0. The van der Waals surface area contributed by atoms with Crippen molar-refractivity contribution >= 4 is 0 Å². The van der Waals surface area contributed by atoms with E-state index in [4.69, 9.17) is 0 Å². The van der Waals surface area contributed by atoms with E-state index in [0.717, 1.165) is 12.8 Å². The van der Waals surface area contributed by atoms with Crippen LogP contribution in [0.4, 0.5) is 0 Å². The zero-order chi connectivity index (χ0) is 5.70. The van der Waals surface area contributed by atoms with Crippen LogP contribution in [0, 0.1) is 13.8 Å². The molecule has 0 saturated heterocycles. The zero-order valence-corrected chi connectivity index (χ0v) is 10.9. The molecular formula is C6H13NNa2. The summed E-state index contributed by atoms with van der Waals surface area (Å²) < 4.78 is 0. The van der Waals surface area contributed by atoms with Gasteiger partial charge in [0, 0.05) is 0 Å². The standard InChI is InChI=1S/C6H13N.2Na/c1-4-6(5-2)7-3;;/h6-7H,1-2,4-5H2,3H3;;/q-2;2*+1. The van der Waals surface area contributed by atoms with Crippen molar-refractivity contribution in [1.29, 1.82) is 0 Å². The smallest absolute Gasteiger partial charge is 0.342 e. The van der Waals surface area contributed by atoms with Crippen molar-refractivity contribution in [1.82, 2.24) is 5.32 Å². The van der Waals surface area contributed by atoms with Crippen molar-refractivity contribution in [2.75, 3.05) is 7.05 Å². The van der Waals surface area contributed by atoms with Gasteiger partial charge in [0.25, 0.3) is 0 Å². The monoisotopic (exact) mass is 145 g/mol. The normalized spacial score (nSPS) is 8.00. The Morgan fingerprint density at radius 2 is 1.56 bits per heavy atom. The molecule has 0 aliphatic rings. The summed E-state index contributed by atoms with van der Waals surface area (Å²) in [6.45, 7) is 7.45. The minimum Gasteiger partial charge on any atom is -0.342 e. The van der Waals surface area contributed by atoms with Gasteiger partial charge in [0.1, 0.15) is 0 Å². The van der Waals surface area contributed by atoms with Gasteiger partial charge in [-0.15, -0.1) is 0 Å². The molecule has 9 heavy (non-hydrogen) atoms. The Morgan fingerprint density at radius 3 is 1.56 bits per heavy atom. The van der Waals surface area contributed by atoms with E-state index in [9.17, 15) is 0 Å². The van der Waals surface area contributed by atoms with Gasteiger partial charge in [-0.05, 0) is 13.1 Å². The molecule has 0 amide bonds.